The standard InChI is InChI=1S/C13H16ClNO2/c1-2-16-7-8-17-13-9-12(10-15-11-13)5-3-4-6-14/h9-11H,2,4,6-8H2,1H3. The Morgan fingerprint density at radius 1 is 1.35 bits per heavy atom. The minimum Gasteiger partial charge on any atom is -0.490 e. The fourth-order valence-corrected chi connectivity index (χ4v) is 1.24. The SMILES string of the molecule is CCOCCOc1cncc(C#CCCCl)c1. The molecular weight excluding hydrogens is 238 g/mol. The summed E-state index contributed by atoms with van der Waals surface area (Å²) >= 11 is 5.54. The van der Waals surface area contributed by atoms with Gasteiger partial charge in [0.15, 0.2) is 0 Å². The number of hydrogen-bond acceptors (Lipinski definition) is 3. The van der Waals surface area contributed by atoms with Crippen LogP contribution in [0, 0.1) is 11.8 Å². The van der Waals surface area contributed by atoms with E-state index >= 15 is 0 Å². The van der Waals surface area contributed by atoms with Crippen molar-refractivity contribution < 1.29 is 9.47 Å². The predicted molar refractivity (Wildman–Crippen MR) is 68.4 cm³/mol. The van der Waals surface area contributed by atoms with Crippen LogP contribution in [0.3, 0.4) is 0 Å². The Labute approximate surface area is 107 Å². The lowest BCUT2D eigenvalue weighted by Crippen LogP contribution is -2.06. The molecule has 0 spiro atoms. The summed E-state index contributed by atoms with van der Waals surface area (Å²) in [7, 11) is 0. The summed E-state index contributed by atoms with van der Waals surface area (Å²) in [5, 5.41) is 0. The van der Waals surface area contributed by atoms with Gasteiger partial charge in [0.05, 0.1) is 12.8 Å². The summed E-state index contributed by atoms with van der Waals surface area (Å²) in [6.45, 7) is 3.76. The molecule has 3 nitrogen and oxygen atoms in total. The Bertz CT molecular complexity index is 384. The summed E-state index contributed by atoms with van der Waals surface area (Å²) in [4.78, 5) is 4.06. The lowest BCUT2D eigenvalue weighted by Gasteiger charge is -2.05. The number of alkyl halides is 1. The number of aromatic nitrogens is 1. The lowest BCUT2D eigenvalue weighted by molar-refractivity contribution is 0.110. The molecule has 0 bridgehead atoms. The van der Waals surface area contributed by atoms with E-state index in [1.54, 1.807) is 12.4 Å². The molecule has 0 unspecified atom stereocenters. The van der Waals surface area contributed by atoms with Gasteiger partial charge < -0.3 is 9.47 Å². The monoisotopic (exact) mass is 253 g/mol. The molecule has 1 heterocycles. The Balaban J connectivity index is 2.46. The maximum Gasteiger partial charge on any atom is 0.138 e. The van der Waals surface area contributed by atoms with Gasteiger partial charge in [0.25, 0.3) is 0 Å². The molecule has 0 radical (unpaired) electrons. The van der Waals surface area contributed by atoms with E-state index in [-0.39, 0.29) is 0 Å². The summed E-state index contributed by atoms with van der Waals surface area (Å²) < 4.78 is 10.7. The topological polar surface area (TPSA) is 31.4 Å². The normalized spacial score (nSPS) is 9.53. The number of ether oxygens (including phenoxy) is 2. The number of pyridine rings is 1. The highest BCUT2D eigenvalue weighted by molar-refractivity contribution is 6.18. The third-order valence-electron chi connectivity index (χ3n) is 1.87. The molecule has 1 aromatic heterocycles. The van der Waals surface area contributed by atoms with Crippen LogP contribution in [0.4, 0.5) is 0 Å². The fraction of sp³-hybridized carbons (Fsp3) is 0.462. The Morgan fingerprint density at radius 2 is 2.24 bits per heavy atom. The molecule has 0 aliphatic carbocycles. The van der Waals surface area contributed by atoms with Crippen LogP contribution in [0.5, 0.6) is 5.75 Å². The molecular formula is C13H16ClNO2. The highest BCUT2D eigenvalue weighted by Crippen LogP contribution is 2.10. The van der Waals surface area contributed by atoms with E-state index in [4.69, 9.17) is 21.1 Å². The average molecular weight is 254 g/mol. The van der Waals surface area contributed by atoms with Crippen LogP contribution >= 0.6 is 11.6 Å². The van der Waals surface area contributed by atoms with E-state index < -0.39 is 0 Å². The van der Waals surface area contributed by atoms with Crippen molar-refractivity contribution in [1.29, 1.82) is 0 Å². The fourth-order valence-electron chi connectivity index (χ4n) is 1.14. The van der Waals surface area contributed by atoms with Gasteiger partial charge >= 0.3 is 0 Å². The van der Waals surface area contributed by atoms with E-state index in [9.17, 15) is 0 Å². The van der Waals surface area contributed by atoms with Crippen LogP contribution in [-0.4, -0.2) is 30.7 Å². The van der Waals surface area contributed by atoms with Crippen molar-refractivity contribution >= 4 is 11.6 Å². The largest absolute Gasteiger partial charge is 0.490 e. The first kappa shape index (κ1) is 13.8. The number of halogens is 1. The van der Waals surface area contributed by atoms with E-state index in [1.165, 1.54) is 0 Å². The zero-order valence-electron chi connectivity index (χ0n) is 9.91. The van der Waals surface area contributed by atoms with E-state index in [1.807, 2.05) is 13.0 Å². The maximum atomic E-state index is 5.54. The maximum absolute atomic E-state index is 5.54. The highest BCUT2D eigenvalue weighted by Gasteiger charge is 1.95. The number of rotatable bonds is 6. The molecule has 0 N–H and O–H groups in total. The van der Waals surface area contributed by atoms with Crippen molar-refractivity contribution in [3.05, 3.63) is 24.0 Å². The molecule has 0 atom stereocenters. The van der Waals surface area contributed by atoms with Gasteiger partial charge in [-0.25, -0.2) is 0 Å². The van der Waals surface area contributed by atoms with Crippen molar-refractivity contribution in [3.8, 4) is 17.6 Å². The number of hydrogen-bond donors (Lipinski definition) is 0. The second-order valence-corrected chi connectivity index (χ2v) is 3.57. The van der Waals surface area contributed by atoms with Gasteiger partial charge in [-0.15, -0.1) is 11.6 Å². The van der Waals surface area contributed by atoms with Crippen LogP contribution in [-0.2, 0) is 4.74 Å². The molecule has 92 valence electrons. The molecule has 1 rings (SSSR count). The van der Waals surface area contributed by atoms with Gasteiger partial charge in [-0.3, -0.25) is 4.98 Å². The first-order valence-electron chi connectivity index (χ1n) is 5.57. The molecule has 0 saturated heterocycles. The van der Waals surface area contributed by atoms with Gasteiger partial charge in [0.1, 0.15) is 12.4 Å². The van der Waals surface area contributed by atoms with Crippen molar-refractivity contribution in [2.45, 2.75) is 13.3 Å². The van der Waals surface area contributed by atoms with Gasteiger partial charge in [-0.05, 0) is 13.0 Å². The van der Waals surface area contributed by atoms with Crippen LogP contribution in [0.1, 0.15) is 18.9 Å². The average Bonchev–Trinajstić information content (AvgIpc) is 2.36. The highest BCUT2D eigenvalue weighted by atomic mass is 35.5. The molecule has 0 fully saturated rings. The van der Waals surface area contributed by atoms with E-state index in [0.29, 0.717) is 37.9 Å². The zero-order chi connectivity index (χ0) is 12.3. The molecule has 0 saturated carbocycles. The number of nitrogens with zero attached hydrogens (tertiary/aromatic N) is 1. The van der Waals surface area contributed by atoms with E-state index in [0.717, 1.165) is 5.56 Å². The first-order chi connectivity index (χ1) is 8.36. The van der Waals surface area contributed by atoms with Crippen molar-refractivity contribution in [1.82, 2.24) is 4.98 Å². The quantitative estimate of drug-likeness (QED) is 0.443. The smallest absolute Gasteiger partial charge is 0.138 e. The summed E-state index contributed by atoms with van der Waals surface area (Å²) in [5.74, 6) is 7.19. The predicted octanol–water partition coefficient (Wildman–Crippen LogP) is 2.48. The van der Waals surface area contributed by atoms with Gasteiger partial charge in [-0.1, -0.05) is 11.8 Å². The zero-order valence-corrected chi connectivity index (χ0v) is 10.7. The van der Waals surface area contributed by atoms with Crippen LogP contribution in [0.15, 0.2) is 18.5 Å². The molecule has 0 aromatic carbocycles. The summed E-state index contributed by atoms with van der Waals surface area (Å²) in [6, 6.07) is 1.86. The molecule has 4 heteroatoms. The van der Waals surface area contributed by atoms with Gasteiger partial charge in [0, 0.05) is 30.7 Å². The molecule has 0 aliphatic rings. The Kier molecular flexibility index (Phi) is 7.20. The van der Waals surface area contributed by atoms with Crippen LogP contribution in [0.2, 0.25) is 0 Å². The van der Waals surface area contributed by atoms with E-state index in [2.05, 4.69) is 16.8 Å². The Morgan fingerprint density at radius 3 is 3.00 bits per heavy atom. The minimum atomic E-state index is 0.522. The van der Waals surface area contributed by atoms with Gasteiger partial charge in [0.2, 0.25) is 0 Å². The molecule has 1 aromatic rings. The van der Waals surface area contributed by atoms with Crippen molar-refractivity contribution in [3.63, 3.8) is 0 Å². The molecule has 0 amide bonds. The minimum absolute atomic E-state index is 0.522. The molecule has 0 aliphatic heterocycles. The van der Waals surface area contributed by atoms with Crippen LogP contribution in [0.25, 0.3) is 0 Å². The van der Waals surface area contributed by atoms with Gasteiger partial charge in [-0.2, -0.15) is 0 Å². The third kappa shape index (κ3) is 6.15. The molecule has 17 heavy (non-hydrogen) atoms. The summed E-state index contributed by atoms with van der Waals surface area (Å²) in [6.07, 6.45) is 4.05. The Hall–Kier alpha value is -1.24. The summed E-state index contributed by atoms with van der Waals surface area (Å²) in [5.41, 5.74) is 0.837. The van der Waals surface area contributed by atoms with Crippen molar-refractivity contribution in [2.24, 2.45) is 0 Å². The van der Waals surface area contributed by atoms with Crippen LogP contribution < -0.4 is 4.74 Å². The second kappa shape index (κ2) is 8.86. The first-order valence-corrected chi connectivity index (χ1v) is 6.10. The van der Waals surface area contributed by atoms with Crippen molar-refractivity contribution in [2.75, 3.05) is 25.7 Å². The third-order valence-corrected chi connectivity index (χ3v) is 2.05. The lowest BCUT2D eigenvalue weighted by atomic mass is 10.3. The second-order valence-electron chi connectivity index (χ2n) is 3.20.